The first-order valence-corrected chi connectivity index (χ1v) is 7.63. The Hall–Kier alpha value is -2.56. The first kappa shape index (κ1) is 13.1. The van der Waals surface area contributed by atoms with E-state index in [0.29, 0.717) is 18.2 Å². The lowest BCUT2D eigenvalue weighted by molar-refractivity contribution is 0.309. The molecule has 0 saturated heterocycles. The van der Waals surface area contributed by atoms with Crippen molar-refractivity contribution < 1.29 is 4.74 Å². The van der Waals surface area contributed by atoms with Gasteiger partial charge >= 0.3 is 0 Å². The van der Waals surface area contributed by atoms with Crippen molar-refractivity contribution in [2.45, 2.75) is 25.7 Å². The molecule has 0 spiro atoms. The average Bonchev–Trinajstić information content (AvgIpc) is 3.14. The molecule has 112 valence electrons. The Morgan fingerprint density at radius 1 is 1.14 bits per heavy atom. The molecule has 0 fully saturated rings. The van der Waals surface area contributed by atoms with Crippen molar-refractivity contribution in [3.63, 3.8) is 0 Å². The number of nitrogens with two attached hydrogens (primary N) is 1. The van der Waals surface area contributed by atoms with Gasteiger partial charge < -0.3 is 10.5 Å². The molecular weight excluding hydrogens is 276 g/mol. The summed E-state index contributed by atoms with van der Waals surface area (Å²) in [6, 6.07) is 8.19. The highest BCUT2D eigenvalue weighted by Crippen LogP contribution is 2.30. The topological polar surface area (TPSA) is 65.4 Å². The molecule has 0 unspecified atom stereocenters. The van der Waals surface area contributed by atoms with Crippen LogP contribution in [-0.2, 0) is 19.3 Å². The molecule has 2 N–H and O–H groups in total. The molecule has 3 aromatic heterocycles. The summed E-state index contributed by atoms with van der Waals surface area (Å²) >= 11 is 0. The number of hydrogen-bond acceptors (Lipinski definition) is 4. The van der Waals surface area contributed by atoms with Gasteiger partial charge in [0, 0.05) is 24.5 Å². The summed E-state index contributed by atoms with van der Waals surface area (Å²) in [5.74, 6) is 0.536. The second-order valence-corrected chi connectivity index (χ2v) is 5.63. The van der Waals surface area contributed by atoms with Gasteiger partial charge in [-0.1, -0.05) is 6.07 Å². The van der Waals surface area contributed by atoms with Crippen molar-refractivity contribution in [3.8, 4) is 5.88 Å². The zero-order chi connectivity index (χ0) is 14.9. The first-order chi connectivity index (χ1) is 10.8. The Labute approximate surface area is 128 Å². The minimum atomic E-state index is 0.536. The summed E-state index contributed by atoms with van der Waals surface area (Å²) in [5, 5.41) is 4.57. The van der Waals surface area contributed by atoms with Crippen LogP contribution < -0.4 is 10.5 Å². The van der Waals surface area contributed by atoms with Crippen molar-refractivity contribution in [1.82, 2.24) is 14.6 Å². The lowest BCUT2D eigenvalue weighted by Gasteiger charge is -2.03. The smallest absolute Gasteiger partial charge is 0.257 e. The van der Waals surface area contributed by atoms with E-state index in [1.54, 1.807) is 12.4 Å². The maximum Gasteiger partial charge on any atom is 0.257 e. The molecule has 5 nitrogen and oxygen atoms in total. The van der Waals surface area contributed by atoms with Crippen LogP contribution in [0.5, 0.6) is 5.88 Å². The minimum Gasteiger partial charge on any atom is -0.475 e. The minimum absolute atomic E-state index is 0.536. The van der Waals surface area contributed by atoms with Crippen molar-refractivity contribution in [3.05, 3.63) is 53.5 Å². The first-order valence-electron chi connectivity index (χ1n) is 7.63. The second kappa shape index (κ2) is 5.33. The highest BCUT2D eigenvalue weighted by molar-refractivity contribution is 5.75. The zero-order valence-electron chi connectivity index (χ0n) is 12.3. The van der Waals surface area contributed by atoms with E-state index in [0.717, 1.165) is 24.8 Å². The van der Waals surface area contributed by atoms with Crippen LogP contribution >= 0.6 is 0 Å². The van der Waals surface area contributed by atoms with Crippen LogP contribution in [0.3, 0.4) is 0 Å². The summed E-state index contributed by atoms with van der Waals surface area (Å²) in [6.07, 6.45) is 7.77. The lowest BCUT2D eigenvalue weighted by Crippen LogP contribution is -2.03. The summed E-state index contributed by atoms with van der Waals surface area (Å²) in [7, 11) is 0. The largest absolute Gasteiger partial charge is 0.475 e. The molecule has 4 rings (SSSR count). The lowest BCUT2D eigenvalue weighted by atomic mass is 10.2. The van der Waals surface area contributed by atoms with Crippen molar-refractivity contribution in [2.24, 2.45) is 0 Å². The number of aryl methyl sites for hydroxylation is 2. The van der Waals surface area contributed by atoms with Gasteiger partial charge in [0.05, 0.1) is 12.1 Å². The van der Waals surface area contributed by atoms with Gasteiger partial charge in [-0.25, -0.2) is 4.52 Å². The normalized spacial score (nSPS) is 13.5. The van der Waals surface area contributed by atoms with Gasteiger partial charge in [0.2, 0.25) is 0 Å². The van der Waals surface area contributed by atoms with Crippen LogP contribution in [0.4, 0.5) is 5.69 Å². The standard InChI is InChI=1S/C17H18N4O/c18-16-15-5-4-13-2-1-3-14(13)21(15)20-17(16)22-11-8-12-6-9-19-10-7-12/h4-7,9-10H,1-3,8,11,18H2. The van der Waals surface area contributed by atoms with Crippen molar-refractivity contribution >= 4 is 11.2 Å². The number of ether oxygens (including phenoxy) is 1. The quantitative estimate of drug-likeness (QED) is 0.802. The van der Waals surface area contributed by atoms with Gasteiger partial charge in [-0.2, -0.15) is 0 Å². The maximum atomic E-state index is 6.19. The van der Waals surface area contributed by atoms with Crippen LogP contribution in [0.25, 0.3) is 5.52 Å². The number of anilines is 1. The molecule has 0 saturated carbocycles. The second-order valence-electron chi connectivity index (χ2n) is 5.63. The number of fused-ring (bicyclic) bond motifs is 3. The molecule has 0 aliphatic heterocycles. The van der Waals surface area contributed by atoms with E-state index >= 15 is 0 Å². The number of rotatable bonds is 4. The zero-order valence-corrected chi connectivity index (χ0v) is 12.3. The third-order valence-electron chi connectivity index (χ3n) is 4.23. The Bertz CT molecular complexity index is 810. The Kier molecular flexibility index (Phi) is 3.18. The van der Waals surface area contributed by atoms with Gasteiger partial charge in [-0.3, -0.25) is 4.98 Å². The van der Waals surface area contributed by atoms with Gasteiger partial charge in [0.15, 0.2) is 0 Å². The molecule has 1 aliphatic rings. The molecule has 3 aromatic rings. The van der Waals surface area contributed by atoms with Gasteiger partial charge in [-0.15, -0.1) is 5.10 Å². The number of nitrogens with zero attached hydrogens (tertiary/aromatic N) is 3. The average molecular weight is 294 g/mol. The highest BCUT2D eigenvalue weighted by Gasteiger charge is 2.19. The fourth-order valence-corrected chi connectivity index (χ4v) is 3.06. The number of pyridine rings is 2. The van der Waals surface area contributed by atoms with Crippen LogP contribution in [-0.4, -0.2) is 21.2 Å². The van der Waals surface area contributed by atoms with Crippen LogP contribution in [0.1, 0.15) is 23.2 Å². The fourth-order valence-electron chi connectivity index (χ4n) is 3.06. The number of hydrogen-bond donors (Lipinski definition) is 1. The molecule has 0 radical (unpaired) electrons. The Morgan fingerprint density at radius 3 is 2.86 bits per heavy atom. The third kappa shape index (κ3) is 2.19. The van der Waals surface area contributed by atoms with Gasteiger partial charge in [-0.05, 0) is 48.6 Å². The molecule has 0 amide bonds. The van der Waals surface area contributed by atoms with Crippen LogP contribution in [0.15, 0.2) is 36.7 Å². The summed E-state index contributed by atoms with van der Waals surface area (Å²) < 4.78 is 7.77. The monoisotopic (exact) mass is 294 g/mol. The van der Waals surface area contributed by atoms with E-state index in [1.165, 1.54) is 23.2 Å². The molecule has 3 heterocycles. The summed E-state index contributed by atoms with van der Waals surface area (Å²) in [6.45, 7) is 0.556. The van der Waals surface area contributed by atoms with Crippen molar-refractivity contribution in [2.75, 3.05) is 12.3 Å². The molecule has 5 heteroatoms. The Morgan fingerprint density at radius 2 is 2.00 bits per heavy atom. The van der Waals surface area contributed by atoms with Crippen molar-refractivity contribution in [1.29, 1.82) is 0 Å². The number of aromatic nitrogens is 3. The molecule has 0 aromatic carbocycles. The van der Waals surface area contributed by atoms with Crippen LogP contribution in [0.2, 0.25) is 0 Å². The molecule has 1 aliphatic carbocycles. The predicted molar refractivity (Wildman–Crippen MR) is 85.1 cm³/mol. The summed E-state index contributed by atoms with van der Waals surface area (Å²) in [4.78, 5) is 4.01. The number of nitrogen functional groups attached to an aromatic ring is 1. The molecular formula is C17H18N4O. The van der Waals surface area contributed by atoms with E-state index < -0.39 is 0 Å². The fraction of sp³-hybridized carbons (Fsp3) is 0.294. The van der Waals surface area contributed by atoms with Crippen LogP contribution in [0, 0.1) is 0 Å². The Balaban J connectivity index is 1.56. The third-order valence-corrected chi connectivity index (χ3v) is 4.23. The van der Waals surface area contributed by atoms with E-state index in [1.807, 2.05) is 22.7 Å². The predicted octanol–water partition coefficient (Wildman–Crippen LogP) is 2.42. The van der Waals surface area contributed by atoms with E-state index in [4.69, 9.17) is 10.5 Å². The molecule has 0 atom stereocenters. The van der Waals surface area contributed by atoms with Gasteiger partial charge in [0.1, 0.15) is 5.69 Å². The summed E-state index contributed by atoms with van der Waals surface area (Å²) in [5.41, 5.74) is 11.6. The van der Waals surface area contributed by atoms with E-state index in [-0.39, 0.29) is 0 Å². The SMILES string of the molecule is Nc1c(OCCc2ccncc2)nn2c3c(ccc12)CCC3. The molecule has 0 bridgehead atoms. The highest BCUT2D eigenvalue weighted by atomic mass is 16.5. The van der Waals surface area contributed by atoms with Gasteiger partial charge in [0.25, 0.3) is 5.88 Å². The van der Waals surface area contributed by atoms with E-state index in [9.17, 15) is 0 Å². The molecule has 22 heavy (non-hydrogen) atoms. The van der Waals surface area contributed by atoms with E-state index in [2.05, 4.69) is 16.1 Å². The maximum absolute atomic E-state index is 6.19.